The summed E-state index contributed by atoms with van der Waals surface area (Å²) in [4.78, 5) is 14.6. The molecule has 27 heavy (non-hydrogen) atoms. The van der Waals surface area contributed by atoms with E-state index in [1.165, 1.54) is 11.1 Å². The van der Waals surface area contributed by atoms with Gasteiger partial charge in [0.1, 0.15) is 18.1 Å². The largest absolute Gasteiger partial charge is 0.477 e. The molecule has 0 unspecified atom stereocenters. The summed E-state index contributed by atoms with van der Waals surface area (Å²) in [6.45, 7) is 4.06. The number of hydrogen-bond acceptors (Lipinski definition) is 4. The van der Waals surface area contributed by atoms with E-state index in [2.05, 4.69) is 17.0 Å². The smallest absolute Gasteiger partial charge is 0.339 e. The van der Waals surface area contributed by atoms with Gasteiger partial charge in [-0.3, -0.25) is 4.90 Å². The van der Waals surface area contributed by atoms with Crippen molar-refractivity contribution >= 4 is 22.6 Å². The average Bonchev–Trinajstić information content (AvgIpc) is 3.14. The summed E-state index contributed by atoms with van der Waals surface area (Å²) in [5.41, 5.74) is 5.76. The predicted octanol–water partition coefficient (Wildman–Crippen LogP) is 4.60. The van der Waals surface area contributed by atoms with E-state index in [0.29, 0.717) is 12.3 Å². The van der Waals surface area contributed by atoms with Gasteiger partial charge in [-0.05, 0) is 55.5 Å². The van der Waals surface area contributed by atoms with Crippen molar-refractivity contribution in [2.24, 2.45) is 0 Å². The lowest BCUT2D eigenvalue weighted by molar-refractivity contribution is 0.0881. The first-order valence-corrected chi connectivity index (χ1v) is 9.68. The molecule has 0 N–H and O–H groups in total. The minimum atomic E-state index is -0.184. The third-order valence-corrected chi connectivity index (χ3v) is 5.84. The summed E-state index contributed by atoms with van der Waals surface area (Å²) in [6.07, 6.45) is 2.79. The highest BCUT2D eigenvalue weighted by molar-refractivity contribution is 6.30. The van der Waals surface area contributed by atoms with E-state index < -0.39 is 0 Å². The minimum Gasteiger partial charge on any atom is -0.477 e. The zero-order valence-corrected chi connectivity index (χ0v) is 15.9. The highest BCUT2D eigenvalue weighted by atomic mass is 35.5. The summed E-state index contributed by atoms with van der Waals surface area (Å²) >= 11 is 6.11. The molecule has 5 rings (SSSR count). The second kappa shape index (κ2) is 6.39. The van der Waals surface area contributed by atoms with Crippen LogP contribution in [0.4, 0.5) is 0 Å². The van der Waals surface area contributed by atoms with Gasteiger partial charge in [-0.15, -0.1) is 0 Å². The van der Waals surface area contributed by atoms with Gasteiger partial charge in [-0.25, -0.2) is 4.79 Å². The molecule has 138 valence electrons. The lowest BCUT2D eigenvalue weighted by Gasteiger charge is -2.30. The maximum Gasteiger partial charge on any atom is 0.339 e. The zero-order chi connectivity index (χ0) is 18.5. The molecule has 0 spiro atoms. The van der Waals surface area contributed by atoms with E-state index in [9.17, 15) is 4.79 Å². The number of hydrogen-bond donors (Lipinski definition) is 0. The third-order valence-electron chi connectivity index (χ3n) is 5.60. The fourth-order valence-corrected chi connectivity index (χ4v) is 4.60. The van der Waals surface area contributed by atoms with Crippen molar-refractivity contribution < 1.29 is 9.15 Å². The fraction of sp³-hybridized carbons (Fsp3) is 0.318. The Morgan fingerprint density at radius 2 is 2.04 bits per heavy atom. The van der Waals surface area contributed by atoms with E-state index >= 15 is 0 Å². The van der Waals surface area contributed by atoms with Crippen molar-refractivity contribution in [3.8, 4) is 5.75 Å². The van der Waals surface area contributed by atoms with Crippen molar-refractivity contribution in [2.75, 3.05) is 6.73 Å². The molecule has 0 bridgehead atoms. The molecule has 0 amide bonds. The van der Waals surface area contributed by atoms with Crippen molar-refractivity contribution in [3.63, 3.8) is 0 Å². The molecule has 0 atom stereocenters. The van der Waals surface area contributed by atoms with Crippen LogP contribution < -0.4 is 10.4 Å². The topological polar surface area (TPSA) is 42.7 Å². The van der Waals surface area contributed by atoms with Crippen molar-refractivity contribution in [1.29, 1.82) is 0 Å². The van der Waals surface area contributed by atoms with Gasteiger partial charge in [0.05, 0.1) is 0 Å². The van der Waals surface area contributed by atoms with E-state index in [4.69, 9.17) is 20.8 Å². The van der Waals surface area contributed by atoms with Crippen LogP contribution >= 0.6 is 11.6 Å². The molecule has 1 aromatic heterocycles. The molecule has 5 heteroatoms. The maximum absolute atomic E-state index is 12.3. The van der Waals surface area contributed by atoms with Gasteiger partial charge < -0.3 is 9.15 Å². The highest BCUT2D eigenvalue weighted by Gasteiger charge is 2.26. The first kappa shape index (κ1) is 16.8. The number of halogens is 1. The van der Waals surface area contributed by atoms with Crippen molar-refractivity contribution in [3.05, 3.63) is 73.6 Å². The van der Waals surface area contributed by atoms with Crippen molar-refractivity contribution in [2.45, 2.75) is 39.3 Å². The predicted molar refractivity (Wildman–Crippen MR) is 105 cm³/mol. The Balaban J connectivity index is 1.55. The molecule has 1 aliphatic heterocycles. The summed E-state index contributed by atoms with van der Waals surface area (Å²) in [7, 11) is 0. The molecule has 0 saturated heterocycles. The second-order valence-electron chi connectivity index (χ2n) is 7.46. The van der Waals surface area contributed by atoms with Gasteiger partial charge in [0.15, 0.2) is 0 Å². The van der Waals surface area contributed by atoms with Gasteiger partial charge in [0.2, 0.25) is 0 Å². The van der Waals surface area contributed by atoms with Gasteiger partial charge in [0.25, 0.3) is 0 Å². The summed E-state index contributed by atoms with van der Waals surface area (Å²) in [5.74, 6) is 0.853. The van der Waals surface area contributed by atoms with Gasteiger partial charge >= 0.3 is 5.63 Å². The van der Waals surface area contributed by atoms with Crippen LogP contribution in [-0.4, -0.2) is 11.6 Å². The number of aryl methyl sites for hydroxylation is 2. The summed E-state index contributed by atoms with van der Waals surface area (Å²) in [6, 6.07) is 10.1. The number of fused-ring (bicyclic) bond motifs is 4. The van der Waals surface area contributed by atoms with Crippen LogP contribution in [0.2, 0.25) is 5.02 Å². The molecule has 1 aliphatic carbocycles. The standard InChI is InChI=1S/C22H20ClNO3/c1-13-20-15(9-19-17-6-3-7-18(17)22(25)27-21(13)19)11-24(12-26-20)10-14-4-2-5-16(23)8-14/h2,4-5,8-9H,3,6-7,10-12H2,1H3. The van der Waals surface area contributed by atoms with Crippen LogP contribution in [0.3, 0.4) is 0 Å². The maximum atomic E-state index is 12.3. The molecular formula is C22H20ClNO3. The Bertz CT molecular complexity index is 1120. The first-order valence-electron chi connectivity index (χ1n) is 9.31. The van der Waals surface area contributed by atoms with E-state index in [1.807, 2.05) is 25.1 Å². The number of nitrogens with zero attached hydrogens (tertiary/aromatic N) is 1. The number of ether oxygens (including phenoxy) is 1. The molecule has 0 fully saturated rings. The molecule has 2 aliphatic rings. The van der Waals surface area contributed by atoms with Crippen LogP contribution in [0, 0.1) is 6.92 Å². The molecule has 2 heterocycles. The third kappa shape index (κ3) is 2.84. The SMILES string of the molecule is Cc1c2c(cc3c4c(c(=O)oc13)CCC4)CN(Cc1cccc(Cl)c1)CO2. The van der Waals surface area contributed by atoms with Gasteiger partial charge in [0, 0.05) is 40.2 Å². The quantitative estimate of drug-likeness (QED) is 0.608. The molecule has 3 aromatic rings. The molecular weight excluding hydrogens is 362 g/mol. The van der Waals surface area contributed by atoms with E-state index in [1.54, 1.807) is 0 Å². The zero-order valence-electron chi connectivity index (χ0n) is 15.2. The normalized spacial score (nSPS) is 16.2. The minimum absolute atomic E-state index is 0.184. The Morgan fingerprint density at radius 1 is 1.19 bits per heavy atom. The van der Waals surface area contributed by atoms with E-state index in [-0.39, 0.29) is 5.63 Å². The Labute approximate surface area is 162 Å². The summed E-state index contributed by atoms with van der Waals surface area (Å²) in [5, 5.41) is 1.82. The highest BCUT2D eigenvalue weighted by Crippen LogP contribution is 2.38. The number of rotatable bonds is 2. The number of benzene rings is 2. The lowest BCUT2D eigenvalue weighted by atomic mass is 9.99. The molecule has 4 nitrogen and oxygen atoms in total. The molecule has 0 radical (unpaired) electrons. The van der Waals surface area contributed by atoms with Crippen LogP contribution in [-0.2, 0) is 25.9 Å². The van der Waals surface area contributed by atoms with Gasteiger partial charge in [-0.2, -0.15) is 0 Å². The van der Waals surface area contributed by atoms with Crippen molar-refractivity contribution in [1.82, 2.24) is 4.90 Å². The van der Waals surface area contributed by atoms with Crippen LogP contribution in [0.15, 0.2) is 39.5 Å². The lowest BCUT2D eigenvalue weighted by Crippen LogP contribution is -2.32. The Kier molecular flexibility index (Phi) is 3.99. The molecule has 2 aromatic carbocycles. The van der Waals surface area contributed by atoms with Gasteiger partial charge in [-0.1, -0.05) is 23.7 Å². The molecule has 0 saturated carbocycles. The van der Waals surface area contributed by atoms with Crippen LogP contribution in [0.1, 0.15) is 34.2 Å². The Morgan fingerprint density at radius 3 is 2.89 bits per heavy atom. The summed E-state index contributed by atoms with van der Waals surface area (Å²) < 4.78 is 11.7. The fourth-order valence-electron chi connectivity index (χ4n) is 4.38. The van der Waals surface area contributed by atoms with Crippen LogP contribution in [0.5, 0.6) is 5.75 Å². The monoisotopic (exact) mass is 381 g/mol. The van der Waals surface area contributed by atoms with E-state index in [0.717, 1.165) is 65.2 Å². The average molecular weight is 382 g/mol. The van der Waals surface area contributed by atoms with Crippen LogP contribution in [0.25, 0.3) is 11.0 Å². The first-order chi connectivity index (χ1) is 13.1. The Hall–Kier alpha value is -2.30. The second-order valence-corrected chi connectivity index (χ2v) is 7.89.